The minimum Gasteiger partial charge on any atom is -0.351 e. The van der Waals surface area contributed by atoms with Crippen molar-refractivity contribution in [3.63, 3.8) is 0 Å². The van der Waals surface area contributed by atoms with Gasteiger partial charge in [0.15, 0.2) is 5.82 Å². The van der Waals surface area contributed by atoms with Crippen LogP contribution in [-0.4, -0.2) is 22.4 Å². The van der Waals surface area contributed by atoms with Gasteiger partial charge in [0, 0.05) is 24.4 Å². The highest BCUT2D eigenvalue weighted by Crippen LogP contribution is 2.46. The van der Waals surface area contributed by atoms with Gasteiger partial charge in [-0.1, -0.05) is 43.1 Å². The van der Waals surface area contributed by atoms with E-state index in [4.69, 9.17) is 23.2 Å². The van der Waals surface area contributed by atoms with Crippen molar-refractivity contribution >= 4 is 29.1 Å². The lowest BCUT2D eigenvalue weighted by Gasteiger charge is -2.43. The lowest BCUT2D eigenvalue weighted by atomic mass is 9.63. The second-order valence-electron chi connectivity index (χ2n) is 8.35. The van der Waals surface area contributed by atoms with E-state index < -0.39 is 17.7 Å². The number of nitrogens with zero attached hydrogens (tertiary/aromatic N) is 2. The van der Waals surface area contributed by atoms with Gasteiger partial charge in [0.1, 0.15) is 0 Å². The fraction of sp³-hybridized carbons (Fsp3) is 0.476. The number of carbonyl (C=O) groups is 1. The Morgan fingerprint density at radius 2 is 1.66 bits per heavy atom. The van der Waals surface area contributed by atoms with Crippen LogP contribution in [0.25, 0.3) is 0 Å². The molecular weight excluding hydrogens is 419 g/mol. The van der Waals surface area contributed by atoms with Crippen LogP contribution < -0.4 is 5.32 Å². The first kappa shape index (κ1) is 21.9. The summed E-state index contributed by atoms with van der Waals surface area (Å²) < 4.78 is 25.7. The van der Waals surface area contributed by atoms with Crippen LogP contribution in [0.3, 0.4) is 0 Å². The molecule has 0 saturated heterocycles. The van der Waals surface area contributed by atoms with Crippen molar-refractivity contribution in [1.29, 1.82) is 0 Å². The van der Waals surface area contributed by atoms with E-state index in [1.165, 1.54) is 12.4 Å². The van der Waals surface area contributed by atoms with Crippen LogP contribution in [0.5, 0.6) is 0 Å². The van der Waals surface area contributed by atoms with E-state index in [-0.39, 0.29) is 26.9 Å². The predicted octanol–water partition coefficient (Wildman–Crippen LogP) is 5.99. The van der Waals surface area contributed by atoms with Crippen molar-refractivity contribution < 1.29 is 13.6 Å². The van der Waals surface area contributed by atoms with Crippen LogP contribution in [0.1, 0.15) is 67.7 Å². The Labute approximate surface area is 179 Å². The maximum Gasteiger partial charge on any atom is 0.297 e. The first-order valence-corrected chi connectivity index (χ1v) is 10.2. The van der Waals surface area contributed by atoms with Gasteiger partial charge in [-0.05, 0) is 48.8 Å². The summed E-state index contributed by atoms with van der Waals surface area (Å²) in [5, 5.41) is 3.50. The van der Waals surface area contributed by atoms with Gasteiger partial charge in [0.25, 0.3) is 12.3 Å². The Morgan fingerprint density at radius 3 is 2.17 bits per heavy atom. The van der Waals surface area contributed by atoms with Crippen LogP contribution in [0, 0.1) is 5.41 Å². The fourth-order valence-corrected chi connectivity index (χ4v) is 4.32. The molecule has 29 heavy (non-hydrogen) atoms. The molecule has 1 aliphatic rings. The lowest BCUT2D eigenvalue weighted by Crippen LogP contribution is -2.45. The van der Waals surface area contributed by atoms with Crippen LogP contribution in [0.4, 0.5) is 8.78 Å². The SMILES string of the molecule is CC1(C)CCC(CNC(=O)c2c(Cl)cccc2Cl)(c2cnc(C(F)F)nc2)CC1. The maximum absolute atomic E-state index is 12.8. The molecule has 0 atom stereocenters. The molecule has 1 aromatic carbocycles. The molecule has 0 aliphatic heterocycles. The topological polar surface area (TPSA) is 54.9 Å². The molecule has 0 radical (unpaired) electrons. The number of aromatic nitrogens is 2. The van der Waals surface area contributed by atoms with Crippen molar-refractivity contribution in [1.82, 2.24) is 15.3 Å². The number of nitrogens with one attached hydrogen (secondary N) is 1. The highest BCUT2D eigenvalue weighted by atomic mass is 35.5. The fourth-order valence-electron chi connectivity index (χ4n) is 3.75. The summed E-state index contributed by atoms with van der Waals surface area (Å²) in [4.78, 5) is 20.4. The Morgan fingerprint density at radius 1 is 1.10 bits per heavy atom. The van der Waals surface area contributed by atoms with Gasteiger partial charge in [-0.25, -0.2) is 18.7 Å². The minimum atomic E-state index is -2.72. The molecule has 156 valence electrons. The highest BCUT2D eigenvalue weighted by molar-refractivity contribution is 6.39. The third-order valence-electron chi connectivity index (χ3n) is 5.82. The largest absolute Gasteiger partial charge is 0.351 e. The van der Waals surface area contributed by atoms with E-state index in [0.717, 1.165) is 31.2 Å². The summed E-state index contributed by atoms with van der Waals surface area (Å²) in [7, 11) is 0. The zero-order valence-electron chi connectivity index (χ0n) is 16.3. The second kappa shape index (κ2) is 8.52. The van der Waals surface area contributed by atoms with E-state index in [1.54, 1.807) is 18.2 Å². The summed E-state index contributed by atoms with van der Waals surface area (Å²) in [5.74, 6) is -0.859. The summed E-state index contributed by atoms with van der Waals surface area (Å²) in [6, 6.07) is 4.89. The maximum atomic E-state index is 12.8. The zero-order chi connectivity index (χ0) is 21.2. The molecule has 0 unspecified atom stereocenters. The first-order valence-electron chi connectivity index (χ1n) is 9.46. The molecule has 0 spiro atoms. The van der Waals surface area contributed by atoms with Crippen LogP contribution in [0.2, 0.25) is 10.0 Å². The van der Waals surface area contributed by atoms with Gasteiger partial charge in [-0.2, -0.15) is 0 Å². The Hall–Kier alpha value is -1.79. The Bertz CT molecular complexity index is 858. The van der Waals surface area contributed by atoms with Crippen LogP contribution in [-0.2, 0) is 5.41 Å². The van der Waals surface area contributed by atoms with E-state index in [1.807, 2.05) is 0 Å². The van der Waals surface area contributed by atoms with Crippen molar-refractivity contribution in [3.05, 3.63) is 57.6 Å². The van der Waals surface area contributed by atoms with Crippen molar-refractivity contribution in [3.8, 4) is 0 Å². The lowest BCUT2D eigenvalue weighted by molar-refractivity contribution is 0.0921. The van der Waals surface area contributed by atoms with Crippen molar-refractivity contribution in [2.24, 2.45) is 5.41 Å². The van der Waals surface area contributed by atoms with Gasteiger partial charge in [-0.3, -0.25) is 4.79 Å². The second-order valence-corrected chi connectivity index (χ2v) is 9.17. The van der Waals surface area contributed by atoms with Crippen molar-refractivity contribution in [2.75, 3.05) is 6.54 Å². The number of alkyl halides is 2. The van der Waals surface area contributed by atoms with Crippen molar-refractivity contribution in [2.45, 2.75) is 51.4 Å². The third kappa shape index (κ3) is 4.86. The molecule has 1 fully saturated rings. The van der Waals surface area contributed by atoms with Gasteiger partial charge < -0.3 is 5.32 Å². The standard InChI is InChI=1S/C21H23Cl2F2N3O/c1-20(2)6-8-21(9-7-20,13-10-26-18(17(24)25)27-11-13)12-28-19(29)16-14(22)4-3-5-15(16)23/h3-5,10-11,17H,6-9,12H2,1-2H3,(H,28,29). The molecule has 0 bridgehead atoms. The number of rotatable bonds is 5. The molecule has 4 nitrogen and oxygen atoms in total. The molecule has 1 N–H and O–H groups in total. The summed E-state index contributed by atoms with van der Waals surface area (Å²) in [5.41, 5.74) is 0.734. The smallest absolute Gasteiger partial charge is 0.297 e. The Kier molecular flexibility index (Phi) is 6.44. The number of benzene rings is 1. The molecule has 1 amide bonds. The molecule has 1 heterocycles. The van der Waals surface area contributed by atoms with E-state index in [0.29, 0.717) is 6.54 Å². The predicted molar refractivity (Wildman–Crippen MR) is 110 cm³/mol. The van der Waals surface area contributed by atoms with Crippen LogP contribution >= 0.6 is 23.2 Å². The number of amides is 1. The molecule has 1 saturated carbocycles. The molecule has 8 heteroatoms. The highest BCUT2D eigenvalue weighted by Gasteiger charge is 2.40. The monoisotopic (exact) mass is 441 g/mol. The molecule has 1 aromatic heterocycles. The number of hydrogen-bond donors (Lipinski definition) is 1. The summed E-state index contributed by atoms with van der Waals surface area (Å²) >= 11 is 12.3. The minimum absolute atomic E-state index is 0.184. The van der Waals surface area contributed by atoms with Gasteiger partial charge in [0.2, 0.25) is 0 Å². The number of carbonyl (C=O) groups excluding carboxylic acids is 1. The summed E-state index contributed by atoms with van der Waals surface area (Å²) in [6.45, 7) is 4.73. The average molecular weight is 442 g/mol. The van der Waals surface area contributed by atoms with Gasteiger partial charge in [-0.15, -0.1) is 0 Å². The number of halogens is 4. The molecule has 2 aromatic rings. The Balaban J connectivity index is 1.85. The average Bonchev–Trinajstić information content (AvgIpc) is 2.67. The summed E-state index contributed by atoms with van der Waals surface area (Å²) in [6.07, 6.45) is 3.65. The van der Waals surface area contributed by atoms with Gasteiger partial charge >= 0.3 is 0 Å². The number of hydrogen-bond acceptors (Lipinski definition) is 3. The first-order chi connectivity index (χ1) is 13.6. The van der Waals surface area contributed by atoms with E-state index in [2.05, 4.69) is 29.1 Å². The quantitative estimate of drug-likeness (QED) is 0.619. The van der Waals surface area contributed by atoms with E-state index >= 15 is 0 Å². The molecular formula is C21H23Cl2F2N3O. The van der Waals surface area contributed by atoms with Crippen LogP contribution in [0.15, 0.2) is 30.6 Å². The normalized spacial score (nSPS) is 17.9. The van der Waals surface area contributed by atoms with Gasteiger partial charge in [0.05, 0.1) is 15.6 Å². The van der Waals surface area contributed by atoms with E-state index in [9.17, 15) is 13.6 Å². The molecule has 3 rings (SSSR count). The third-order valence-corrected chi connectivity index (χ3v) is 6.45. The molecule has 1 aliphatic carbocycles. The zero-order valence-corrected chi connectivity index (χ0v) is 17.8.